The van der Waals surface area contributed by atoms with Gasteiger partial charge >= 0.3 is 5.97 Å². The van der Waals surface area contributed by atoms with Gasteiger partial charge in [-0.2, -0.15) is 0 Å². The molecule has 0 aromatic carbocycles. The topological polar surface area (TPSA) is 112 Å². The highest BCUT2D eigenvalue weighted by atomic mass is 16.4. The van der Waals surface area contributed by atoms with E-state index in [1.165, 1.54) is 0 Å². The zero-order valence-electron chi connectivity index (χ0n) is 7.51. The van der Waals surface area contributed by atoms with E-state index in [0.717, 1.165) is 6.42 Å². The first-order valence-corrected chi connectivity index (χ1v) is 3.40. The van der Waals surface area contributed by atoms with Crippen LogP contribution in [0.3, 0.4) is 0 Å². The third-order valence-corrected chi connectivity index (χ3v) is 1.03. The molecule has 0 bridgehead atoms. The summed E-state index contributed by atoms with van der Waals surface area (Å²) in [5, 5.41) is 22.0. The number of carboxylic acids is 1. The zero-order valence-corrected chi connectivity index (χ0v) is 7.51. The molecule has 0 rings (SSSR count). The van der Waals surface area contributed by atoms with Crippen LogP contribution in [0.25, 0.3) is 0 Å². The maximum atomic E-state index is 9.93. The van der Waals surface area contributed by atoms with E-state index in [1.54, 1.807) is 6.92 Å². The zero-order chi connectivity index (χ0) is 11.3. The van der Waals surface area contributed by atoms with Gasteiger partial charge in [-0.3, -0.25) is 14.4 Å². The maximum Gasteiger partial charge on any atom is 0.306 e. The summed E-state index contributed by atoms with van der Waals surface area (Å²) in [6, 6.07) is 0. The van der Waals surface area contributed by atoms with Gasteiger partial charge < -0.3 is 15.3 Å². The van der Waals surface area contributed by atoms with Crippen molar-refractivity contribution in [3.05, 3.63) is 0 Å². The van der Waals surface area contributed by atoms with Crippen molar-refractivity contribution in [3.8, 4) is 0 Å². The van der Waals surface area contributed by atoms with E-state index >= 15 is 0 Å². The fraction of sp³-hybridized carbons (Fsp3) is 0.571. The van der Waals surface area contributed by atoms with Gasteiger partial charge in [-0.15, -0.1) is 0 Å². The molecule has 1 atom stereocenters. The molecule has 0 aromatic heterocycles. The second-order valence-electron chi connectivity index (χ2n) is 1.86. The van der Waals surface area contributed by atoms with Crippen molar-refractivity contribution < 1.29 is 29.7 Å². The van der Waals surface area contributed by atoms with E-state index in [9.17, 15) is 4.79 Å². The summed E-state index contributed by atoms with van der Waals surface area (Å²) in [5.41, 5.74) is 0. The molecule has 0 spiro atoms. The Kier molecular flexibility index (Phi) is 22.6. The van der Waals surface area contributed by atoms with Gasteiger partial charge in [-0.25, -0.2) is 0 Å². The lowest BCUT2D eigenvalue weighted by molar-refractivity contribution is -0.141. The molecular formula is C7H14O6. The van der Waals surface area contributed by atoms with Crippen LogP contribution < -0.4 is 0 Å². The molecule has 0 aliphatic rings. The molecular weight excluding hydrogens is 180 g/mol. The average Bonchev–Trinajstić information content (AvgIpc) is 2.05. The molecule has 0 fully saturated rings. The van der Waals surface area contributed by atoms with Gasteiger partial charge in [-0.1, -0.05) is 13.8 Å². The smallest absolute Gasteiger partial charge is 0.306 e. The van der Waals surface area contributed by atoms with Crippen molar-refractivity contribution in [1.29, 1.82) is 0 Å². The van der Waals surface area contributed by atoms with Crippen molar-refractivity contribution in [2.24, 2.45) is 5.92 Å². The standard InChI is InChI=1S/C5H10O2.2CH2O2/c1-3-4(2)5(6)7;2*2-1-3/h4H,3H2,1-2H3,(H,6,7);2*1H,(H,2,3). The second-order valence-corrected chi connectivity index (χ2v) is 1.86. The summed E-state index contributed by atoms with van der Waals surface area (Å²) in [6.45, 7) is 3.06. The fourth-order valence-electron chi connectivity index (χ4n) is 0.175. The van der Waals surface area contributed by atoms with Crippen LogP contribution in [0.4, 0.5) is 0 Å². The molecule has 0 radical (unpaired) electrons. The van der Waals surface area contributed by atoms with Gasteiger partial charge in [0.05, 0.1) is 5.92 Å². The molecule has 0 saturated carbocycles. The number of carbonyl (C=O) groups is 3. The van der Waals surface area contributed by atoms with Gasteiger partial charge in [0.2, 0.25) is 0 Å². The van der Waals surface area contributed by atoms with E-state index in [1.807, 2.05) is 6.92 Å². The molecule has 0 saturated heterocycles. The van der Waals surface area contributed by atoms with E-state index in [2.05, 4.69) is 0 Å². The Morgan fingerprint density at radius 3 is 1.54 bits per heavy atom. The molecule has 1 unspecified atom stereocenters. The molecule has 78 valence electrons. The number of hydrogen-bond donors (Lipinski definition) is 3. The van der Waals surface area contributed by atoms with Gasteiger partial charge in [-0.05, 0) is 6.42 Å². The van der Waals surface area contributed by atoms with E-state index < -0.39 is 5.97 Å². The van der Waals surface area contributed by atoms with Crippen molar-refractivity contribution in [2.45, 2.75) is 20.3 Å². The van der Waals surface area contributed by atoms with E-state index in [4.69, 9.17) is 24.9 Å². The predicted octanol–water partition coefficient (Wildman–Crippen LogP) is 0.519. The quantitative estimate of drug-likeness (QED) is 0.552. The molecule has 0 aromatic rings. The highest BCUT2D eigenvalue weighted by molar-refractivity contribution is 5.69. The second kappa shape index (κ2) is 16.8. The Morgan fingerprint density at radius 2 is 1.54 bits per heavy atom. The maximum absolute atomic E-state index is 9.93. The molecule has 0 aliphatic carbocycles. The third kappa shape index (κ3) is 37.9. The van der Waals surface area contributed by atoms with Crippen LogP contribution in [0.15, 0.2) is 0 Å². The lowest BCUT2D eigenvalue weighted by Crippen LogP contribution is -2.06. The molecule has 0 amide bonds. The summed E-state index contributed by atoms with van der Waals surface area (Å²) in [4.78, 5) is 26.7. The highest BCUT2D eigenvalue weighted by Crippen LogP contribution is 1.97. The van der Waals surface area contributed by atoms with Crippen LogP contribution in [-0.4, -0.2) is 34.2 Å². The Labute approximate surface area is 75.8 Å². The SMILES string of the molecule is CCC(C)C(=O)O.O=CO.O=CO. The normalized spacial score (nSPS) is 9.08. The van der Waals surface area contributed by atoms with Gasteiger partial charge in [0.15, 0.2) is 0 Å². The highest BCUT2D eigenvalue weighted by Gasteiger charge is 2.05. The summed E-state index contributed by atoms with van der Waals surface area (Å²) in [6.07, 6.45) is 0.718. The first-order chi connectivity index (χ1) is 6.01. The summed E-state index contributed by atoms with van der Waals surface area (Å²) < 4.78 is 0. The van der Waals surface area contributed by atoms with Crippen LogP contribution in [0, 0.1) is 5.92 Å². The number of aliphatic carboxylic acids is 1. The van der Waals surface area contributed by atoms with Crippen LogP contribution in [0.2, 0.25) is 0 Å². The van der Waals surface area contributed by atoms with Crippen LogP contribution in [0.1, 0.15) is 20.3 Å². The minimum Gasteiger partial charge on any atom is -0.483 e. The summed E-state index contributed by atoms with van der Waals surface area (Å²) in [5.74, 6) is -0.887. The first-order valence-electron chi connectivity index (χ1n) is 3.40. The van der Waals surface area contributed by atoms with Crippen LogP contribution >= 0.6 is 0 Å². The lowest BCUT2D eigenvalue weighted by Gasteiger charge is -1.96. The number of carboxylic acid groups (broad SMARTS) is 3. The molecule has 0 heterocycles. The molecule has 3 N–H and O–H groups in total. The molecule has 13 heavy (non-hydrogen) atoms. The predicted molar refractivity (Wildman–Crippen MR) is 44.5 cm³/mol. The Hall–Kier alpha value is -1.59. The number of rotatable bonds is 2. The third-order valence-electron chi connectivity index (χ3n) is 1.03. The first kappa shape index (κ1) is 17.5. The van der Waals surface area contributed by atoms with Crippen molar-refractivity contribution >= 4 is 18.9 Å². The Morgan fingerprint density at radius 1 is 1.31 bits per heavy atom. The number of hydrogen-bond acceptors (Lipinski definition) is 3. The average molecular weight is 194 g/mol. The van der Waals surface area contributed by atoms with Crippen molar-refractivity contribution in [1.82, 2.24) is 0 Å². The summed E-state index contributed by atoms with van der Waals surface area (Å²) in [7, 11) is 0. The fourth-order valence-corrected chi connectivity index (χ4v) is 0.175. The van der Waals surface area contributed by atoms with Gasteiger partial charge in [0, 0.05) is 0 Å². The van der Waals surface area contributed by atoms with E-state index in [-0.39, 0.29) is 18.9 Å². The van der Waals surface area contributed by atoms with Gasteiger partial charge in [0.1, 0.15) is 0 Å². The van der Waals surface area contributed by atoms with Crippen molar-refractivity contribution in [3.63, 3.8) is 0 Å². The summed E-state index contributed by atoms with van der Waals surface area (Å²) >= 11 is 0. The minimum atomic E-state index is -0.706. The van der Waals surface area contributed by atoms with Gasteiger partial charge in [0.25, 0.3) is 12.9 Å². The van der Waals surface area contributed by atoms with Crippen molar-refractivity contribution in [2.75, 3.05) is 0 Å². The Bertz CT molecular complexity index is 127. The molecule has 6 heteroatoms. The molecule has 0 aliphatic heterocycles. The monoisotopic (exact) mass is 194 g/mol. The lowest BCUT2D eigenvalue weighted by atomic mass is 10.1. The van der Waals surface area contributed by atoms with Crippen LogP contribution in [0.5, 0.6) is 0 Å². The van der Waals surface area contributed by atoms with E-state index in [0.29, 0.717) is 0 Å². The largest absolute Gasteiger partial charge is 0.483 e. The Balaban J connectivity index is -0.000000140. The minimum absolute atomic E-state index is 0.181. The molecule has 6 nitrogen and oxygen atoms in total. The van der Waals surface area contributed by atoms with Crippen LogP contribution in [-0.2, 0) is 14.4 Å².